The number of anilines is 1. The zero-order valence-corrected chi connectivity index (χ0v) is 12.6. The highest BCUT2D eigenvalue weighted by Gasteiger charge is 2.22. The summed E-state index contributed by atoms with van der Waals surface area (Å²) in [4.78, 5) is 11.7. The first-order chi connectivity index (χ1) is 8.91. The molecule has 4 heteroatoms. The summed E-state index contributed by atoms with van der Waals surface area (Å²) in [6, 6.07) is 0.357. The fraction of sp³-hybridized carbons (Fsp3) is 0.733. The first-order valence-electron chi connectivity index (χ1n) is 7.28. The molecule has 1 aliphatic heterocycles. The predicted octanol–water partition coefficient (Wildman–Crippen LogP) is 2.26. The summed E-state index contributed by atoms with van der Waals surface area (Å²) in [5, 5.41) is 0. The molecule has 0 atom stereocenters. The van der Waals surface area contributed by atoms with E-state index in [0.29, 0.717) is 6.04 Å². The van der Waals surface area contributed by atoms with Gasteiger partial charge in [-0.1, -0.05) is 27.7 Å². The minimum atomic E-state index is 0.00665. The van der Waals surface area contributed by atoms with E-state index in [-0.39, 0.29) is 5.41 Å². The fourth-order valence-corrected chi connectivity index (χ4v) is 2.44. The van der Waals surface area contributed by atoms with E-state index in [0.717, 1.165) is 43.9 Å². The van der Waals surface area contributed by atoms with Crippen molar-refractivity contribution >= 4 is 5.69 Å². The number of aromatic nitrogens is 2. The van der Waals surface area contributed by atoms with Crippen LogP contribution in [0.3, 0.4) is 0 Å². The normalized spacial score (nSPS) is 17.8. The van der Waals surface area contributed by atoms with Crippen molar-refractivity contribution in [1.82, 2.24) is 9.97 Å². The molecule has 2 N–H and O–H groups in total. The van der Waals surface area contributed by atoms with Crippen LogP contribution in [0.2, 0.25) is 0 Å². The summed E-state index contributed by atoms with van der Waals surface area (Å²) >= 11 is 0. The third-order valence-electron chi connectivity index (χ3n) is 3.73. The first kappa shape index (κ1) is 14.3. The lowest BCUT2D eigenvalue weighted by atomic mass is 9.95. The summed E-state index contributed by atoms with van der Waals surface area (Å²) in [6.45, 7) is 10.7. The van der Waals surface area contributed by atoms with Gasteiger partial charge in [0.05, 0.1) is 17.6 Å². The number of nitrogens with zero attached hydrogens (tertiary/aromatic N) is 3. The van der Waals surface area contributed by atoms with Gasteiger partial charge < -0.3 is 10.6 Å². The third kappa shape index (κ3) is 3.24. The maximum atomic E-state index is 5.97. The molecule has 1 saturated heterocycles. The standard InChI is InChI=1S/C15H26N4/c1-5-12-13(19-8-6-11(16)7-9-19)10-17-14(18-12)15(2,3)4/h10-11H,5-9,16H2,1-4H3. The number of hydrogen-bond donors (Lipinski definition) is 1. The van der Waals surface area contributed by atoms with E-state index in [2.05, 4.69) is 37.6 Å². The Morgan fingerprint density at radius 2 is 1.95 bits per heavy atom. The Kier molecular flexibility index (Phi) is 4.09. The van der Waals surface area contributed by atoms with Gasteiger partial charge in [-0.15, -0.1) is 0 Å². The molecule has 2 rings (SSSR count). The van der Waals surface area contributed by atoms with Crippen molar-refractivity contribution in [3.05, 3.63) is 17.7 Å². The van der Waals surface area contributed by atoms with Crippen LogP contribution in [-0.4, -0.2) is 29.1 Å². The summed E-state index contributed by atoms with van der Waals surface area (Å²) in [7, 11) is 0. The van der Waals surface area contributed by atoms with E-state index in [1.165, 1.54) is 5.69 Å². The van der Waals surface area contributed by atoms with E-state index < -0.39 is 0 Å². The van der Waals surface area contributed by atoms with E-state index >= 15 is 0 Å². The van der Waals surface area contributed by atoms with E-state index in [9.17, 15) is 0 Å². The highest BCUT2D eigenvalue weighted by molar-refractivity contribution is 5.49. The maximum absolute atomic E-state index is 5.97. The molecule has 1 aromatic rings. The molecular weight excluding hydrogens is 236 g/mol. The zero-order chi connectivity index (χ0) is 14.0. The van der Waals surface area contributed by atoms with Gasteiger partial charge in [0.15, 0.2) is 0 Å². The second kappa shape index (κ2) is 5.45. The molecule has 19 heavy (non-hydrogen) atoms. The van der Waals surface area contributed by atoms with Gasteiger partial charge in [0.25, 0.3) is 0 Å². The molecule has 0 unspecified atom stereocenters. The third-order valence-corrected chi connectivity index (χ3v) is 3.73. The highest BCUT2D eigenvalue weighted by atomic mass is 15.2. The molecule has 0 spiro atoms. The number of piperidine rings is 1. The largest absolute Gasteiger partial charge is 0.369 e. The molecule has 106 valence electrons. The molecule has 0 radical (unpaired) electrons. The van der Waals surface area contributed by atoms with Crippen LogP contribution in [0, 0.1) is 0 Å². The fourth-order valence-electron chi connectivity index (χ4n) is 2.44. The Morgan fingerprint density at radius 3 is 2.47 bits per heavy atom. The minimum Gasteiger partial charge on any atom is -0.369 e. The van der Waals surface area contributed by atoms with Crippen molar-refractivity contribution in [3.8, 4) is 0 Å². The van der Waals surface area contributed by atoms with Crippen LogP contribution in [0.15, 0.2) is 6.20 Å². The van der Waals surface area contributed by atoms with Crippen LogP contribution < -0.4 is 10.6 Å². The molecule has 2 heterocycles. The SMILES string of the molecule is CCc1nc(C(C)(C)C)ncc1N1CCC(N)CC1. The molecule has 0 saturated carbocycles. The van der Waals surface area contributed by atoms with Crippen molar-refractivity contribution in [3.63, 3.8) is 0 Å². The topological polar surface area (TPSA) is 55.0 Å². The van der Waals surface area contributed by atoms with Crippen LogP contribution >= 0.6 is 0 Å². The molecular formula is C15H26N4. The highest BCUT2D eigenvalue weighted by Crippen LogP contribution is 2.25. The van der Waals surface area contributed by atoms with Gasteiger partial charge in [0.2, 0.25) is 0 Å². The van der Waals surface area contributed by atoms with E-state index in [1.54, 1.807) is 0 Å². The number of rotatable bonds is 2. The Morgan fingerprint density at radius 1 is 1.32 bits per heavy atom. The van der Waals surface area contributed by atoms with Crippen LogP contribution in [0.5, 0.6) is 0 Å². The van der Waals surface area contributed by atoms with Crippen LogP contribution in [0.4, 0.5) is 5.69 Å². The summed E-state index contributed by atoms with van der Waals surface area (Å²) in [5.41, 5.74) is 8.33. The van der Waals surface area contributed by atoms with Gasteiger partial charge >= 0.3 is 0 Å². The zero-order valence-electron chi connectivity index (χ0n) is 12.6. The summed E-state index contributed by atoms with van der Waals surface area (Å²) in [6.07, 6.45) is 5.07. The van der Waals surface area contributed by atoms with Gasteiger partial charge in [-0.3, -0.25) is 0 Å². The monoisotopic (exact) mass is 262 g/mol. The van der Waals surface area contributed by atoms with Gasteiger partial charge in [-0.05, 0) is 19.3 Å². The van der Waals surface area contributed by atoms with Crippen molar-refractivity contribution in [2.24, 2.45) is 5.73 Å². The van der Waals surface area contributed by atoms with Crippen LogP contribution in [-0.2, 0) is 11.8 Å². The molecule has 1 aromatic heterocycles. The Bertz CT molecular complexity index is 428. The predicted molar refractivity (Wildman–Crippen MR) is 79.5 cm³/mol. The first-order valence-corrected chi connectivity index (χ1v) is 7.28. The van der Waals surface area contributed by atoms with Gasteiger partial charge in [0.1, 0.15) is 5.82 Å². The lowest BCUT2D eigenvalue weighted by Gasteiger charge is -2.33. The molecule has 0 aromatic carbocycles. The Hall–Kier alpha value is -1.16. The second-order valence-corrected chi connectivity index (χ2v) is 6.45. The number of nitrogens with two attached hydrogens (primary N) is 1. The van der Waals surface area contributed by atoms with Gasteiger partial charge in [0, 0.05) is 24.5 Å². The lowest BCUT2D eigenvalue weighted by molar-refractivity contribution is 0.497. The number of aryl methyl sites for hydroxylation is 1. The van der Waals surface area contributed by atoms with Crippen LogP contribution in [0.1, 0.15) is 52.1 Å². The number of hydrogen-bond acceptors (Lipinski definition) is 4. The molecule has 4 nitrogen and oxygen atoms in total. The minimum absolute atomic E-state index is 0.00665. The molecule has 0 aliphatic carbocycles. The quantitative estimate of drug-likeness (QED) is 0.888. The smallest absolute Gasteiger partial charge is 0.134 e. The van der Waals surface area contributed by atoms with Crippen molar-refractivity contribution in [2.75, 3.05) is 18.0 Å². The Balaban J connectivity index is 2.26. The lowest BCUT2D eigenvalue weighted by Crippen LogP contribution is -2.40. The van der Waals surface area contributed by atoms with Crippen molar-refractivity contribution in [2.45, 2.75) is 58.4 Å². The summed E-state index contributed by atoms with van der Waals surface area (Å²) < 4.78 is 0. The molecule has 0 bridgehead atoms. The van der Waals surface area contributed by atoms with Crippen LogP contribution in [0.25, 0.3) is 0 Å². The van der Waals surface area contributed by atoms with Gasteiger partial charge in [-0.2, -0.15) is 0 Å². The van der Waals surface area contributed by atoms with Gasteiger partial charge in [-0.25, -0.2) is 9.97 Å². The molecule has 0 amide bonds. The second-order valence-electron chi connectivity index (χ2n) is 6.45. The maximum Gasteiger partial charge on any atom is 0.134 e. The van der Waals surface area contributed by atoms with E-state index in [1.807, 2.05) is 6.20 Å². The molecule has 1 aliphatic rings. The molecule has 1 fully saturated rings. The van der Waals surface area contributed by atoms with Crippen molar-refractivity contribution in [1.29, 1.82) is 0 Å². The average molecular weight is 262 g/mol. The Labute approximate surface area is 116 Å². The summed E-state index contributed by atoms with van der Waals surface area (Å²) in [5.74, 6) is 0.932. The van der Waals surface area contributed by atoms with Crippen molar-refractivity contribution < 1.29 is 0 Å². The average Bonchev–Trinajstić information content (AvgIpc) is 2.38. The van der Waals surface area contributed by atoms with E-state index in [4.69, 9.17) is 10.7 Å².